The van der Waals surface area contributed by atoms with E-state index in [0.29, 0.717) is 11.8 Å². The first-order chi connectivity index (χ1) is 14.2. The minimum atomic E-state index is -3.93. The molecule has 30 heavy (non-hydrogen) atoms. The van der Waals surface area contributed by atoms with Crippen molar-refractivity contribution in [3.8, 4) is 0 Å². The zero-order chi connectivity index (χ0) is 21.9. The molecule has 158 valence electrons. The Balaban J connectivity index is 2.36. The van der Waals surface area contributed by atoms with Gasteiger partial charge in [-0.15, -0.1) is 0 Å². The van der Waals surface area contributed by atoms with E-state index in [-0.39, 0.29) is 0 Å². The molecule has 0 atom stereocenters. The normalized spacial score (nSPS) is 12.1. The molecule has 0 fully saturated rings. The van der Waals surface area contributed by atoms with Crippen LogP contribution in [0.3, 0.4) is 0 Å². The first kappa shape index (κ1) is 24.0. The Morgan fingerprint density at radius 2 is 1.03 bits per heavy atom. The van der Waals surface area contributed by atoms with Crippen LogP contribution >= 0.6 is 38.1 Å². The van der Waals surface area contributed by atoms with Crippen LogP contribution in [0.25, 0.3) is 0 Å². The Labute approximate surface area is 197 Å². The van der Waals surface area contributed by atoms with E-state index >= 15 is 0 Å². The molecule has 0 amide bonds. The Hall–Kier alpha value is -0.697. The third kappa shape index (κ3) is 5.37. The Morgan fingerprint density at radius 1 is 0.633 bits per heavy atom. The molecular formula is C24H27Cl3GeNP. The molecule has 0 saturated heterocycles. The van der Waals surface area contributed by atoms with Crippen molar-refractivity contribution >= 4 is 65.1 Å². The second-order valence-electron chi connectivity index (χ2n) is 7.86. The van der Waals surface area contributed by atoms with Gasteiger partial charge in [0.05, 0.1) is 0 Å². The predicted octanol–water partition coefficient (Wildman–Crippen LogP) is 7.94. The summed E-state index contributed by atoms with van der Waals surface area (Å²) in [4.78, 5) is 0. The molecule has 3 aromatic carbocycles. The molecule has 0 bridgehead atoms. The summed E-state index contributed by atoms with van der Waals surface area (Å²) in [6.45, 7) is 8.83. The van der Waals surface area contributed by atoms with E-state index in [1.807, 2.05) is 12.1 Å². The molecule has 6 heteroatoms. The Morgan fingerprint density at radius 3 is 1.37 bits per heavy atom. The van der Waals surface area contributed by atoms with Gasteiger partial charge in [-0.25, -0.2) is 0 Å². The molecule has 0 N–H and O–H groups in total. The van der Waals surface area contributed by atoms with E-state index in [9.17, 15) is 0 Å². The molecule has 0 saturated carbocycles. The third-order valence-corrected chi connectivity index (χ3v) is 15.9. The van der Waals surface area contributed by atoms with Crippen molar-refractivity contribution in [1.82, 2.24) is 0 Å². The van der Waals surface area contributed by atoms with E-state index in [2.05, 4.69) is 98.1 Å². The second-order valence-corrected chi connectivity index (χ2v) is 25.1. The predicted molar refractivity (Wildman–Crippen MR) is 139 cm³/mol. The summed E-state index contributed by atoms with van der Waals surface area (Å²) in [6, 6.07) is 27.4. The fourth-order valence-corrected chi connectivity index (χ4v) is 14.7. The van der Waals surface area contributed by atoms with Crippen LogP contribution in [0.1, 0.15) is 50.7 Å². The van der Waals surface area contributed by atoms with Gasteiger partial charge in [-0.2, -0.15) is 0 Å². The molecule has 0 aromatic heterocycles. The average molecular weight is 539 g/mol. The topological polar surface area (TPSA) is 3.24 Å². The molecule has 0 spiro atoms. The molecule has 0 unspecified atom stereocenters. The van der Waals surface area contributed by atoms with E-state index in [1.54, 1.807) is 0 Å². The Bertz CT molecular complexity index is 893. The number of para-hydroxylation sites is 1. The summed E-state index contributed by atoms with van der Waals surface area (Å²) in [7, 11) is 15.9. The minimum absolute atomic E-state index is 0.319. The summed E-state index contributed by atoms with van der Waals surface area (Å²) in [6.07, 6.45) is 0. The molecule has 3 rings (SSSR count). The fraction of sp³-hybridized carbons (Fsp3) is 0.250. The number of hydrogen-bond acceptors (Lipinski definition) is 1. The van der Waals surface area contributed by atoms with Crippen LogP contribution in [0.15, 0.2) is 78.9 Å². The maximum absolute atomic E-state index is 6.94. The van der Waals surface area contributed by atoms with Crippen LogP contribution in [-0.2, 0) is 0 Å². The number of halogens is 3. The van der Waals surface area contributed by atoms with Crippen molar-refractivity contribution in [2.24, 2.45) is 0 Å². The standard InChI is InChI=1S/C24H27Cl3GeNP/c1-18(2)22-16-11-17-23(19(3)4)24(22)29(28(25,26)27)30(20-12-7-5-8-13-20)21-14-9-6-10-15-21/h5-19H,1-4H3. The third-order valence-electron chi connectivity index (χ3n) is 5.00. The van der Waals surface area contributed by atoms with Crippen LogP contribution in [0.4, 0.5) is 5.69 Å². The van der Waals surface area contributed by atoms with Crippen molar-refractivity contribution < 1.29 is 0 Å². The molecule has 1 nitrogen and oxygen atoms in total. The monoisotopic (exact) mass is 539 g/mol. The average Bonchev–Trinajstić information content (AvgIpc) is 2.71. The summed E-state index contributed by atoms with van der Waals surface area (Å²) >= 11 is 0. The number of hydrogen-bond donors (Lipinski definition) is 0. The van der Waals surface area contributed by atoms with Crippen molar-refractivity contribution in [3.05, 3.63) is 90.0 Å². The first-order valence-electron chi connectivity index (χ1n) is 10.1. The fourth-order valence-electron chi connectivity index (χ4n) is 3.61. The van der Waals surface area contributed by atoms with Crippen LogP contribution in [0.5, 0.6) is 0 Å². The SMILES string of the molecule is CC(C)c1cccc(C(C)C)c1[N](P(c1ccccc1)c1ccccc1)[Ge]([Cl])([Cl])[Cl]. The summed E-state index contributed by atoms with van der Waals surface area (Å²) < 4.78 is 2.22. The van der Waals surface area contributed by atoms with Crippen LogP contribution in [0, 0.1) is 0 Å². The zero-order valence-corrected chi connectivity index (χ0v) is 22.9. The number of anilines is 1. The maximum atomic E-state index is 6.94. The van der Waals surface area contributed by atoms with Crippen LogP contribution in [-0.4, -0.2) is 10.7 Å². The number of benzene rings is 3. The zero-order valence-electron chi connectivity index (χ0n) is 17.7. The molecule has 0 heterocycles. The van der Waals surface area contributed by atoms with E-state index in [4.69, 9.17) is 30.0 Å². The molecule has 3 aromatic rings. The van der Waals surface area contributed by atoms with Crippen molar-refractivity contribution in [3.63, 3.8) is 0 Å². The number of rotatable bonds is 7. The van der Waals surface area contributed by atoms with Crippen LogP contribution in [0.2, 0.25) is 0 Å². The summed E-state index contributed by atoms with van der Waals surface area (Å²) in [5.41, 5.74) is 3.58. The van der Waals surface area contributed by atoms with Gasteiger partial charge in [-0.3, -0.25) is 0 Å². The van der Waals surface area contributed by atoms with Gasteiger partial charge >= 0.3 is 198 Å². The van der Waals surface area contributed by atoms with E-state index in [0.717, 1.165) is 5.69 Å². The Kier molecular flexibility index (Phi) is 8.21. The second kappa shape index (κ2) is 10.3. The van der Waals surface area contributed by atoms with E-state index in [1.165, 1.54) is 21.7 Å². The van der Waals surface area contributed by atoms with Gasteiger partial charge in [-0.05, 0) is 0 Å². The van der Waals surface area contributed by atoms with Crippen molar-refractivity contribution in [2.45, 2.75) is 39.5 Å². The summed E-state index contributed by atoms with van der Waals surface area (Å²) in [5, 5.41) is 2.37. The van der Waals surface area contributed by atoms with E-state index < -0.39 is 18.8 Å². The summed E-state index contributed by atoms with van der Waals surface area (Å²) in [5.74, 6) is 0.638. The molecular weight excluding hydrogens is 512 g/mol. The van der Waals surface area contributed by atoms with Gasteiger partial charge in [0.15, 0.2) is 0 Å². The van der Waals surface area contributed by atoms with Gasteiger partial charge < -0.3 is 0 Å². The molecule has 0 aliphatic rings. The van der Waals surface area contributed by atoms with Crippen molar-refractivity contribution in [2.75, 3.05) is 3.63 Å². The quantitative estimate of drug-likeness (QED) is 0.218. The van der Waals surface area contributed by atoms with Crippen molar-refractivity contribution in [1.29, 1.82) is 0 Å². The molecule has 0 radical (unpaired) electrons. The molecule has 0 aliphatic carbocycles. The van der Waals surface area contributed by atoms with Gasteiger partial charge in [0.2, 0.25) is 0 Å². The number of nitrogens with zero attached hydrogens (tertiary/aromatic N) is 1. The molecule has 0 aliphatic heterocycles. The van der Waals surface area contributed by atoms with Gasteiger partial charge in [-0.1, -0.05) is 0 Å². The van der Waals surface area contributed by atoms with Gasteiger partial charge in [0, 0.05) is 0 Å². The first-order valence-corrected chi connectivity index (χ1v) is 20.6. The van der Waals surface area contributed by atoms with Gasteiger partial charge in [0.1, 0.15) is 0 Å². The van der Waals surface area contributed by atoms with Gasteiger partial charge in [0.25, 0.3) is 0 Å². The van der Waals surface area contributed by atoms with Crippen LogP contribution < -0.4 is 14.2 Å².